The SMILES string of the molecule is NCCCOc1ccc(-c2c3nc(c(-c4ccncc4)c4ccc([nH]4)c(-c4ccncc4)c4nc(c(-c5ccncc5)c5ccc2[nH]5)C=C4)C#C3)cc1. The minimum absolute atomic E-state index is 0.559. The van der Waals surface area contributed by atoms with Gasteiger partial charge in [-0.1, -0.05) is 12.1 Å². The van der Waals surface area contributed by atoms with Crippen LogP contribution in [0.15, 0.2) is 122 Å². The van der Waals surface area contributed by atoms with Crippen molar-refractivity contribution in [3.63, 3.8) is 0 Å². The molecule has 0 aliphatic carbocycles. The van der Waals surface area contributed by atoms with Gasteiger partial charge in [0.25, 0.3) is 0 Å². The van der Waals surface area contributed by atoms with Gasteiger partial charge in [-0.3, -0.25) is 15.0 Å². The van der Waals surface area contributed by atoms with Crippen LogP contribution in [0.3, 0.4) is 0 Å². The molecule has 254 valence electrons. The van der Waals surface area contributed by atoms with Gasteiger partial charge in [0.15, 0.2) is 0 Å². The first kappa shape index (κ1) is 31.8. The number of aromatic amines is 2. The highest BCUT2D eigenvalue weighted by molar-refractivity contribution is 5.97. The Labute approximate surface area is 305 Å². The summed E-state index contributed by atoms with van der Waals surface area (Å²) in [6, 6.07) is 28.4. The third-order valence-electron chi connectivity index (χ3n) is 9.27. The van der Waals surface area contributed by atoms with E-state index >= 15 is 0 Å². The second-order valence-electron chi connectivity index (χ2n) is 12.6. The molecule has 0 fully saturated rings. The normalized spacial score (nSPS) is 11.6. The lowest BCUT2D eigenvalue weighted by Gasteiger charge is -2.08. The zero-order valence-electron chi connectivity index (χ0n) is 28.5. The number of benzene rings is 1. The quantitative estimate of drug-likeness (QED) is 0.108. The van der Waals surface area contributed by atoms with Gasteiger partial charge in [0, 0.05) is 81.5 Å². The monoisotopic (exact) mass is 688 g/mol. The summed E-state index contributed by atoms with van der Waals surface area (Å²) in [5, 5.41) is 0. The van der Waals surface area contributed by atoms with Crippen molar-refractivity contribution in [3.8, 4) is 62.1 Å². The first-order valence-electron chi connectivity index (χ1n) is 17.4. The van der Waals surface area contributed by atoms with E-state index in [-0.39, 0.29) is 0 Å². The largest absolute Gasteiger partial charge is 0.494 e. The second-order valence-corrected chi connectivity index (χ2v) is 12.6. The summed E-state index contributed by atoms with van der Waals surface area (Å²) in [5.74, 6) is 7.58. The standard InChI is InChI=1S/C44H32N8O/c45-20-1-27-53-32-4-2-28(3-5-32)41-33-6-8-35(49-33)42(29-14-21-46-22-15-29)37-10-12-39(51-37)44(31-18-25-48-26-19-31)40-13-11-38(52-40)43(30-16-23-47-24-17-30)36-9-7-34(41)50-36/h2-6,8,10-19,21-26,49,52H,1,20,27,45H2. The predicted molar refractivity (Wildman–Crippen MR) is 210 cm³/mol. The molecule has 2 aliphatic heterocycles. The van der Waals surface area contributed by atoms with E-state index in [1.165, 1.54) is 0 Å². The molecule has 0 amide bonds. The number of nitrogens with zero attached hydrogens (tertiary/aromatic N) is 5. The number of H-pyrrole nitrogens is 2. The summed E-state index contributed by atoms with van der Waals surface area (Å²) in [7, 11) is 0. The van der Waals surface area contributed by atoms with E-state index in [9.17, 15) is 0 Å². The molecule has 1 aromatic carbocycles. The minimum atomic E-state index is 0.559. The zero-order chi connectivity index (χ0) is 35.6. The van der Waals surface area contributed by atoms with Gasteiger partial charge in [0.05, 0.1) is 18.0 Å². The number of rotatable bonds is 8. The van der Waals surface area contributed by atoms with Gasteiger partial charge in [-0.2, -0.15) is 0 Å². The first-order chi connectivity index (χ1) is 26.2. The zero-order valence-corrected chi connectivity index (χ0v) is 28.5. The number of nitrogens with one attached hydrogen (secondary N) is 2. The fourth-order valence-corrected chi connectivity index (χ4v) is 6.81. The Kier molecular flexibility index (Phi) is 8.32. The van der Waals surface area contributed by atoms with E-state index in [2.05, 4.69) is 73.2 Å². The highest BCUT2D eigenvalue weighted by Gasteiger charge is 2.19. The lowest BCUT2D eigenvalue weighted by molar-refractivity contribution is 0.313. The molecule has 0 unspecified atom stereocenters. The average Bonchev–Trinajstić information content (AvgIpc) is 4.05. The summed E-state index contributed by atoms with van der Waals surface area (Å²) in [4.78, 5) is 30.9. The van der Waals surface area contributed by atoms with Crippen LogP contribution in [0.1, 0.15) is 29.2 Å². The predicted octanol–water partition coefficient (Wildman–Crippen LogP) is 8.47. The van der Waals surface area contributed by atoms with E-state index in [1.54, 1.807) is 37.2 Å². The van der Waals surface area contributed by atoms with Crippen molar-refractivity contribution in [1.29, 1.82) is 0 Å². The Morgan fingerprint density at radius 2 is 0.906 bits per heavy atom. The molecule has 2 aliphatic rings. The number of fused-ring (bicyclic) bond motifs is 8. The van der Waals surface area contributed by atoms with Crippen molar-refractivity contribution in [2.75, 3.05) is 13.2 Å². The van der Waals surface area contributed by atoms with Crippen molar-refractivity contribution in [1.82, 2.24) is 34.9 Å². The molecular weight excluding hydrogens is 657 g/mol. The highest BCUT2D eigenvalue weighted by atomic mass is 16.5. The molecular formula is C44H32N8O. The van der Waals surface area contributed by atoms with Crippen molar-refractivity contribution in [2.24, 2.45) is 5.73 Å². The summed E-state index contributed by atoms with van der Waals surface area (Å²) < 4.78 is 5.94. The summed E-state index contributed by atoms with van der Waals surface area (Å²) in [5.41, 5.74) is 19.7. The Bertz CT molecular complexity index is 2720. The fourth-order valence-electron chi connectivity index (χ4n) is 6.81. The number of nitrogens with two attached hydrogens (primary N) is 1. The number of aromatic nitrogens is 7. The lowest BCUT2D eigenvalue weighted by atomic mass is 10.0. The van der Waals surface area contributed by atoms with Gasteiger partial charge in [-0.15, -0.1) is 0 Å². The molecule has 8 bridgehead atoms. The van der Waals surface area contributed by atoms with Crippen LogP contribution in [0.4, 0.5) is 0 Å². The molecule has 0 spiro atoms. The maximum absolute atomic E-state index is 5.94. The van der Waals surface area contributed by atoms with Crippen molar-refractivity contribution >= 4 is 34.2 Å². The molecule has 9 rings (SSSR count). The van der Waals surface area contributed by atoms with E-state index in [0.717, 1.165) is 90.1 Å². The van der Waals surface area contributed by atoms with Gasteiger partial charge in [-0.25, -0.2) is 9.97 Å². The molecule has 0 saturated carbocycles. The Morgan fingerprint density at radius 3 is 1.36 bits per heavy atom. The van der Waals surface area contributed by atoms with E-state index in [1.807, 2.05) is 60.7 Å². The molecule has 6 aromatic heterocycles. The first-order valence-corrected chi connectivity index (χ1v) is 17.4. The van der Waals surface area contributed by atoms with Crippen molar-refractivity contribution in [2.45, 2.75) is 6.42 Å². The third kappa shape index (κ3) is 6.14. The van der Waals surface area contributed by atoms with Crippen LogP contribution in [0.25, 0.3) is 78.7 Å². The molecule has 4 N–H and O–H groups in total. The van der Waals surface area contributed by atoms with Gasteiger partial charge < -0.3 is 20.4 Å². The third-order valence-corrected chi connectivity index (χ3v) is 9.27. The number of pyridine rings is 3. The van der Waals surface area contributed by atoms with Crippen LogP contribution >= 0.6 is 0 Å². The molecule has 53 heavy (non-hydrogen) atoms. The topological polar surface area (TPSA) is 131 Å². The molecule has 0 radical (unpaired) electrons. The fraction of sp³-hybridized carbons (Fsp3) is 0.0682. The number of ether oxygens (including phenoxy) is 1. The maximum Gasteiger partial charge on any atom is 0.125 e. The maximum atomic E-state index is 5.94. The highest BCUT2D eigenvalue weighted by Crippen LogP contribution is 2.37. The molecule has 9 heteroatoms. The average molecular weight is 689 g/mol. The van der Waals surface area contributed by atoms with E-state index < -0.39 is 0 Å². The van der Waals surface area contributed by atoms with Crippen molar-refractivity contribution in [3.05, 3.63) is 145 Å². The van der Waals surface area contributed by atoms with Gasteiger partial charge in [0.2, 0.25) is 0 Å². The van der Waals surface area contributed by atoms with Crippen LogP contribution in [-0.2, 0) is 0 Å². The van der Waals surface area contributed by atoms with Crippen molar-refractivity contribution < 1.29 is 4.74 Å². The van der Waals surface area contributed by atoms with E-state index in [4.69, 9.17) is 20.4 Å². The summed E-state index contributed by atoms with van der Waals surface area (Å²) in [6.07, 6.45) is 15.7. The van der Waals surface area contributed by atoms with Gasteiger partial charge in [-0.05, 0) is 132 Å². The minimum Gasteiger partial charge on any atom is -0.494 e. The van der Waals surface area contributed by atoms with Crippen LogP contribution in [0.2, 0.25) is 0 Å². The molecule has 0 atom stereocenters. The van der Waals surface area contributed by atoms with Crippen LogP contribution in [0.5, 0.6) is 5.75 Å². The molecule has 7 aromatic rings. The number of hydrogen-bond acceptors (Lipinski definition) is 7. The lowest BCUT2D eigenvalue weighted by Crippen LogP contribution is -2.05. The van der Waals surface area contributed by atoms with Gasteiger partial charge in [0.1, 0.15) is 17.1 Å². The summed E-state index contributed by atoms with van der Waals surface area (Å²) in [6.45, 7) is 1.14. The molecule has 0 saturated heterocycles. The molecule has 9 nitrogen and oxygen atoms in total. The Morgan fingerprint density at radius 1 is 0.491 bits per heavy atom. The van der Waals surface area contributed by atoms with Crippen LogP contribution < -0.4 is 10.5 Å². The Balaban J connectivity index is 1.40. The van der Waals surface area contributed by atoms with E-state index in [0.29, 0.717) is 24.5 Å². The van der Waals surface area contributed by atoms with Gasteiger partial charge >= 0.3 is 0 Å². The molecule has 8 heterocycles. The number of hydrogen-bond donors (Lipinski definition) is 3. The second kappa shape index (κ2) is 13.9. The Hall–Kier alpha value is -7.15. The smallest absolute Gasteiger partial charge is 0.125 e. The van der Waals surface area contributed by atoms with Crippen LogP contribution in [0, 0.1) is 11.8 Å². The summed E-state index contributed by atoms with van der Waals surface area (Å²) >= 11 is 0. The van der Waals surface area contributed by atoms with Crippen LogP contribution in [-0.4, -0.2) is 48.0 Å².